The zero-order valence-electron chi connectivity index (χ0n) is 6.64. The Hall–Kier alpha value is -1.98. The Bertz CT molecular complexity index is 378. The summed E-state index contributed by atoms with van der Waals surface area (Å²) in [6, 6.07) is 0.937. The molecule has 0 aliphatic carbocycles. The van der Waals surface area contributed by atoms with Crippen molar-refractivity contribution in [1.82, 2.24) is 0 Å². The van der Waals surface area contributed by atoms with Gasteiger partial charge < -0.3 is 4.42 Å². The minimum atomic E-state index is -0.906. The first-order valence-electron chi connectivity index (χ1n) is 3.30. The third kappa shape index (κ3) is 1.61. The van der Waals surface area contributed by atoms with Gasteiger partial charge in [-0.1, -0.05) is 0 Å². The number of aldehydes is 1. The van der Waals surface area contributed by atoms with Crippen LogP contribution >= 0.6 is 0 Å². The molecule has 0 radical (unpaired) electrons. The second-order valence-electron chi connectivity index (χ2n) is 2.29. The minimum Gasteiger partial charge on any atom is -0.450 e. The molecule has 6 heteroatoms. The number of rotatable bonds is 3. The molecule has 0 N–H and O–H groups in total. The molecule has 0 unspecified atom stereocenters. The first kappa shape index (κ1) is 9.11. The molecule has 1 aromatic heterocycles. The van der Waals surface area contributed by atoms with Crippen molar-refractivity contribution in [3.05, 3.63) is 27.7 Å². The van der Waals surface area contributed by atoms with Crippen LogP contribution in [0.2, 0.25) is 0 Å². The van der Waals surface area contributed by atoms with Gasteiger partial charge in [-0.15, -0.1) is 0 Å². The molecule has 1 aromatic rings. The Kier molecular flexibility index (Phi) is 2.23. The predicted molar refractivity (Wildman–Crippen MR) is 40.5 cm³/mol. The van der Waals surface area contributed by atoms with Gasteiger partial charge >= 0.3 is 5.69 Å². The van der Waals surface area contributed by atoms with Crippen LogP contribution in [0.3, 0.4) is 0 Å². The zero-order chi connectivity index (χ0) is 10.0. The number of ketones is 1. The molecule has 0 bridgehead atoms. The number of hydrogen-bond acceptors (Lipinski definition) is 5. The summed E-state index contributed by atoms with van der Waals surface area (Å²) in [7, 11) is 0. The molecule has 1 rings (SSSR count). The van der Waals surface area contributed by atoms with E-state index >= 15 is 0 Å². The second kappa shape index (κ2) is 3.18. The smallest absolute Gasteiger partial charge is 0.310 e. The summed E-state index contributed by atoms with van der Waals surface area (Å²) in [6.45, 7) is 1.35. The Balaban J connectivity index is 3.16. The van der Waals surface area contributed by atoms with Crippen LogP contribution in [0.5, 0.6) is 0 Å². The van der Waals surface area contributed by atoms with Crippen molar-refractivity contribution < 1.29 is 18.9 Å². The van der Waals surface area contributed by atoms with E-state index in [-0.39, 0.29) is 23.5 Å². The summed E-state index contributed by atoms with van der Waals surface area (Å²) in [5, 5.41) is 10.3. The lowest BCUT2D eigenvalue weighted by Crippen LogP contribution is -1.96. The number of hydrogen-bond donors (Lipinski definition) is 0. The van der Waals surface area contributed by atoms with Crippen LogP contribution in [0, 0.1) is 17.0 Å². The fourth-order valence-corrected chi connectivity index (χ4v) is 0.833. The molecule has 1 heterocycles. The number of nitrogens with zero attached hydrogens (tertiary/aromatic N) is 1. The van der Waals surface area contributed by atoms with E-state index < -0.39 is 10.7 Å². The molecular weight excluding hydrogens is 178 g/mol. The summed E-state index contributed by atoms with van der Waals surface area (Å²) >= 11 is 0. The SMILES string of the molecule is Cc1oc(C(=O)C=O)cc1[N+](=O)[O-]. The van der Waals surface area contributed by atoms with Gasteiger partial charge in [0.15, 0.2) is 17.8 Å². The first-order chi connectivity index (χ1) is 6.06. The number of carbonyl (C=O) groups excluding carboxylic acids is 2. The summed E-state index contributed by atoms with van der Waals surface area (Å²) < 4.78 is 4.71. The van der Waals surface area contributed by atoms with E-state index in [1.54, 1.807) is 0 Å². The van der Waals surface area contributed by atoms with Crippen molar-refractivity contribution in [2.75, 3.05) is 0 Å². The monoisotopic (exact) mass is 183 g/mol. The van der Waals surface area contributed by atoms with Crippen LogP contribution in [0.15, 0.2) is 10.5 Å². The van der Waals surface area contributed by atoms with Gasteiger partial charge in [0.2, 0.25) is 0 Å². The quantitative estimate of drug-likeness (QED) is 0.228. The van der Waals surface area contributed by atoms with Crippen molar-refractivity contribution in [1.29, 1.82) is 0 Å². The van der Waals surface area contributed by atoms with Crippen molar-refractivity contribution in [2.24, 2.45) is 0 Å². The van der Waals surface area contributed by atoms with E-state index in [4.69, 9.17) is 4.42 Å². The molecule has 0 spiro atoms. The number of Topliss-reactive ketones (excluding diaryl/α,β-unsaturated/α-hetero) is 1. The Morgan fingerprint density at radius 3 is 2.69 bits per heavy atom. The van der Waals surface area contributed by atoms with Gasteiger partial charge in [-0.25, -0.2) is 0 Å². The van der Waals surface area contributed by atoms with Crippen molar-refractivity contribution in [2.45, 2.75) is 6.92 Å². The predicted octanol–water partition coefficient (Wildman–Crippen LogP) is 0.878. The van der Waals surface area contributed by atoms with E-state index in [0.29, 0.717) is 0 Å². The molecule has 0 saturated carbocycles. The van der Waals surface area contributed by atoms with Gasteiger partial charge in [-0.2, -0.15) is 0 Å². The highest BCUT2D eigenvalue weighted by molar-refractivity contribution is 6.32. The Morgan fingerprint density at radius 2 is 2.31 bits per heavy atom. The second-order valence-corrected chi connectivity index (χ2v) is 2.29. The van der Waals surface area contributed by atoms with Crippen LogP contribution in [0.4, 0.5) is 5.69 Å². The molecule has 0 fully saturated rings. The van der Waals surface area contributed by atoms with Crippen LogP contribution in [0.25, 0.3) is 0 Å². The number of carbonyl (C=O) groups is 2. The largest absolute Gasteiger partial charge is 0.450 e. The molecule has 0 aromatic carbocycles. The third-order valence-electron chi connectivity index (χ3n) is 1.44. The molecule has 13 heavy (non-hydrogen) atoms. The van der Waals surface area contributed by atoms with Crippen LogP contribution in [0.1, 0.15) is 16.3 Å². The highest BCUT2D eigenvalue weighted by atomic mass is 16.6. The standard InChI is InChI=1S/C7H5NO5/c1-4-5(8(11)12)2-7(13-4)6(10)3-9/h2-3H,1H3. The Morgan fingerprint density at radius 1 is 1.69 bits per heavy atom. The summed E-state index contributed by atoms with van der Waals surface area (Å²) in [6.07, 6.45) is 0.0436. The molecule has 0 saturated heterocycles. The summed E-state index contributed by atoms with van der Waals surface area (Å²) in [5.41, 5.74) is -0.301. The number of aryl methyl sites for hydroxylation is 1. The van der Waals surface area contributed by atoms with Crippen LogP contribution in [-0.2, 0) is 4.79 Å². The van der Waals surface area contributed by atoms with E-state index in [9.17, 15) is 19.7 Å². The first-order valence-corrected chi connectivity index (χ1v) is 3.30. The molecule has 0 aliphatic heterocycles. The van der Waals surface area contributed by atoms with E-state index in [1.165, 1.54) is 6.92 Å². The van der Waals surface area contributed by atoms with E-state index in [0.717, 1.165) is 6.07 Å². The third-order valence-corrected chi connectivity index (χ3v) is 1.44. The molecule has 68 valence electrons. The Labute approximate surface area is 72.3 Å². The topological polar surface area (TPSA) is 90.4 Å². The van der Waals surface area contributed by atoms with Crippen molar-refractivity contribution in [3.63, 3.8) is 0 Å². The lowest BCUT2D eigenvalue weighted by Gasteiger charge is -1.83. The molecular formula is C7H5NO5. The average molecular weight is 183 g/mol. The summed E-state index contributed by atoms with van der Waals surface area (Å²) in [5.74, 6) is -1.20. The normalized spacial score (nSPS) is 9.62. The molecule has 0 atom stereocenters. The fourth-order valence-electron chi connectivity index (χ4n) is 0.833. The van der Waals surface area contributed by atoms with Gasteiger partial charge in [0.1, 0.15) is 0 Å². The highest BCUT2D eigenvalue weighted by Gasteiger charge is 2.20. The molecule has 6 nitrogen and oxygen atoms in total. The maximum absolute atomic E-state index is 10.7. The van der Waals surface area contributed by atoms with Gasteiger partial charge in [0.05, 0.1) is 11.0 Å². The van der Waals surface area contributed by atoms with Gasteiger partial charge in [-0.3, -0.25) is 19.7 Å². The van der Waals surface area contributed by atoms with Crippen LogP contribution in [-0.4, -0.2) is 17.0 Å². The zero-order valence-corrected chi connectivity index (χ0v) is 6.64. The van der Waals surface area contributed by atoms with Crippen molar-refractivity contribution in [3.8, 4) is 0 Å². The molecule has 0 aliphatic rings. The summed E-state index contributed by atoms with van der Waals surface area (Å²) in [4.78, 5) is 30.3. The number of furan rings is 1. The lowest BCUT2D eigenvalue weighted by molar-refractivity contribution is -0.385. The maximum Gasteiger partial charge on any atom is 0.310 e. The van der Waals surface area contributed by atoms with Crippen molar-refractivity contribution >= 4 is 17.8 Å². The number of nitro groups is 1. The van der Waals surface area contributed by atoms with Gasteiger partial charge in [0, 0.05) is 6.92 Å². The van der Waals surface area contributed by atoms with Crippen LogP contribution < -0.4 is 0 Å². The molecule has 0 amide bonds. The average Bonchev–Trinajstić information content (AvgIpc) is 2.46. The minimum absolute atomic E-state index is 0.00944. The van der Waals surface area contributed by atoms with E-state index in [1.807, 2.05) is 0 Å². The fraction of sp³-hybridized carbons (Fsp3) is 0.143. The van der Waals surface area contributed by atoms with Gasteiger partial charge in [-0.05, 0) is 0 Å². The lowest BCUT2D eigenvalue weighted by atomic mass is 10.3. The van der Waals surface area contributed by atoms with E-state index in [2.05, 4.69) is 0 Å². The maximum atomic E-state index is 10.7. The van der Waals surface area contributed by atoms with Gasteiger partial charge in [0.25, 0.3) is 5.78 Å². The highest BCUT2D eigenvalue weighted by Crippen LogP contribution is 2.21.